The maximum Gasteiger partial charge on any atom is 0.205 e. The van der Waals surface area contributed by atoms with Crippen molar-refractivity contribution < 1.29 is 0 Å². The highest BCUT2D eigenvalue weighted by Crippen LogP contribution is 2.15. The van der Waals surface area contributed by atoms with Gasteiger partial charge in [-0.15, -0.1) is 0 Å². The summed E-state index contributed by atoms with van der Waals surface area (Å²) in [4.78, 5) is 6.86. The number of imidazole rings is 1. The van der Waals surface area contributed by atoms with Crippen molar-refractivity contribution in [3.05, 3.63) is 11.9 Å². The van der Waals surface area contributed by atoms with Crippen LogP contribution in [0.25, 0.3) is 0 Å². The number of aromatic nitrogens is 2. The summed E-state index contributed by atoms with van der Waals surface area (Å²) < 4.78 is 2.26. The Morgan fingerprint density at radius 2 is 2.11 bits per heavy atom. The van der Waals surface area contributed by atoms with Crippen LogP contribution in [0.3, 0.4) is 0 Å². The van der Waals surface area contributed by atoms with Gasteiger partial charge in [0.25, 0.3) is 0 Å². The molecule has 0 aliphatic heterocycles. The van der Waals surface area contributed by atoms with Crippen LogP contribution in [-0.2, 0) is 6.54 Å². The second-order valence-electron chi connectivity index (χ2n) is 5.85. The first-order valence-corrected chi connectivity index (χ1v) is 7.46. The molecule has 1 rings (SSSR count). The molecule has 0 aromatic carbocycles. The predicted molar refractivity (Wildman–Crippen MR) is 82.6 cm³/mol. The number of rotatable bonds is 8. The predicted octanol–water partition coefficient (Wildman–Crippen LogP) is 2.80. The van der Waals surface area contributed by atoms with E-state index in [1.54, 1.807) is 0 Å². The number of hydrogen-bond donors (Lipinski definition) is 1. The van der Waals surface area contributed by atoms with Crippen LogP contribution >= 0.6 is 0 Å². The molecular weight excluding hydrogens is 236 g/mol. The Morgan fingerprint density at radius 1 is 1.42 bits per heavy atom. The first-order chi connectivity index (χ1) is 8.95. The Bertz CT molecular complexity index is 370. The van der Waals surface area contributed by atoms with Gasteiger partial charge in [0.05, 0.1) is 5.69 Å². The second-order valence-corrected chi connectivity index (χ2v) is 5.85. The maximum atomic E-state index is 6.11. The van der Waals surface area contributed by atoms with Gasteiger partial charge in [-0.25, -0.2) is 4.98 Å². The monoisotopic (exact) mass is 266 g/mol. The number of aryl methyl sites for hydroxylation is 2. The highest BCUT2D eigenvalue weighted by molar-refractivity contribution is 5.32. The van der Waals surface area contributed by atoms with E-state index < -0.39 is 0 Å². The van der Waals surface area contributed by atoms with Gasteiger partial charge in [-0.1, -0.05) is 27.2 Å². The van der Waals surface area contributed by atoms with Gasteiger partial charge in [0.15, 0.2) is 0 Å². The molecular formula is C15H30N4. The average Bonchev–Trinajstić information content (AvgIpc) is 2.74. The lowest BCUT2D eigenvalue weighted by Crippen LogP contribution is -2.32. The fourth-order valence-corrected chi connectivity index (χ4v) is 2.11. The van der Waals surface area contributed by atoms with Gasteiger partial charge in [0.1, 0.15) is 0 Å². The molecule has 0 saturated carbocycles. The van der Waals surface area contributed by atoms with Crippen LogP contribution in [0.15, 0.2) is 6.20 Å². The van der Waals surface area contributed by atoms with Crippen LogP contribution in [-0.4, -0.2) is 29.2 Å². The van der Waals surface area contributed by atoms with E-state index in [1.807, 2.05) is 0 Å². The topological polar surface area (TPSA) is 47.1 Å². The van der Waals surface area contributed by atoms with Gasteiger partial charge in [0.2, 0.25) is 5.95 Å². The maximum absolute atomic E-state index is 6.11. The lowest BCUT2D eigenvalue weighted by molar-refractivity contribution is 0.464. The molecule has 0 radical (unpaired) electrons. The zero-order valence-corrected chi connectivity index (χ0v) is 13.2. The molecule has 110 valence electrons. The van der Waals surface area contributed by atoms with Crippen molar-refractivity contribution in [2.24, 2.45) is 11.7 Å². The van der Waals surface area contributed by atoms with E-state index in [1.165, 1.54) is 12.8 Å². The van der Waals surface area contributed by atoms with E-state index in [0.29, 0.717) is 5.92 Å². The summed E-state index contributed by atoms with van der Waals surface area (Å²) >= 11 is 0. The smallest absolute Gasteiger partial charge is 0.205 e. The molecule has 0 amide bonds. The van der Waals surface area contributed by atoms with Gasteiger partial charge in [-0.05, 0) is 25.7 Å². The summed E-state index contributed by atoms with van der Waals surface area (Å²) in [5.74, 6) is 1.61. The van der Waals surface area contributed by atoms with Gasteiger partial charge in [0, 0.05) is 32.4 Å². The minimum atomic E-state index is 0.266. The number of nitrogens with two attached hydrogens (primary N) is 1. The Balaban J connectivity index is 2.62. The third-order valence-electron chi connectivity index (χ3n) is 3.62. The normalized spacial score (nSPS) is 13.0. The van der Waals surface area contributed by atoms with Crippen molar-refractivity contribution in [1.82, 2.24) is 9.55 Å². The summed E-state index contributed by atoms with van der Waals surface area (Å²) in [5, 5.41) is 0. The van der Waals surface area contributed by atoms with E-state index in [4.69, 9.17) is 5.73 Å². The molecule has 0 aliphatic rings. The van der Waals surface area contributed by atoms with Gasteiger partial charge in [-0.2, -0.15) is 0 Å². The molecule has 19 heavy (non-hydrogen) atoms. The Morgan fingerprint density at radius 3 is 2.68 bits per heavy atom. The second kappa shape index (κ2) is 7.53. The molecule has 4 nitrogen and oxygen atoms in total. The molecule has 0 saturated heterocycles. The third-order valence-corrected chi connectivity index (χ3v) is 3.62. The molecule has 1 atom stereocenters. The quantitative estimate of drug-likeness (QED) is 0.787. The van der Waals surface area contributed by atoms with Crippen molar-refractivity contribution in [2.75, 3.05) is 18.5 Å². The molecule has 2 N–H and O–H groups in total. The van der Waals surface area contributed by atoms with Crippen molar-refractivity contribution in [2.45, 2.75) is 59.5 Å². The molecule has 0 aliphatic carbocycles. The molecule has 1 aromatic heterocycles. The Labute approximate surface area is 118 Å². The number of hydrogen-bond acceptors (Lipinski definition) is 3. The first-order valence-electron chi connectivity index (χ1n) is 7.46. The van der Waals surface area contributed by atoms with Crippen LogP contribution in [0, 0.1) is 12.8 Å². The zero-order valence-electron chi connectivity index (χ0n) is 13.2. The van der Waals surface area contributed by atoms with E-state index in [0.717, 1.165) is 31.2 Å². The molecule has 0 fully saturated rings. The van der Waals surface area contributed by atoms with Gasteiger partial charge >= 0.3 is 0 Å². The van der Waals surface area contributed by atoms with E-state index in [-0.39, 0.29) is 6.04 Å². The van der Waals surface area contributed by atoms with Gasteiger partial charge in [-0.3, -0.25) is 0 Å². The van der Waals surface area contributed by atoms with Crippen LogP contribution in [0.4, 0.5) is 5.95 Å². The lowest BCUT2D eigenvalue weighted by atomic mass is 10.0. The molecule has 1 heterocycles. The van der Waals surface area contributed by atoms with Crippen molar-refractivity contribution >= 4 is 5.95 Å². The molecule has 1 aromatic rings. The Kier molecular flexibility index (Phi) is 6.35. The number of nitrogens with zero attached hydrogens (tertiary/aromatic N) is 3. The summed E-state index contributed by atoms with van der Waals surface area (Å²) in [6.45, 7) is 10.6. The van der Waals surface area contributed by atoms with Crippen molar-refractivity contribution in [1.29, 1.82) is 0 Å². The molecule has 1 unspecified atom stereocenters. The van der Waals surface area contributed by atoms with E-state index in [2.05, 4.69) is 55.4 Å². The van der Waals surface area contributed by atoms with Gasteiger partial charge < -0.3 is 15.2 Å². The lowest BCUT2D eigenvalue weighted by Gasteiger charge is -2.23. The summed E-state index contributed by atoms with van der Waals surface area (Å²) in [6, 6.07) is 0.266. The summed E-state index contributed by atoms with van der Waals surface area (Å²) in [5.41, 5.74) is 7.20. The Hall–Kier alpha value is -1.03. The van der Waals surface area contributed by atoms with Crippen LogP contribution in [0.1, 0.15) is 45.7 Å². The fraction of sp³-hybridized carbons (Fsp3) is 0.800. The van der Waals surface area contributed by atoms with E-state index >= 15 is 0 Å². The van der Waals surface area contributed by atoms with Crippen molar-refractivity contribution in [3.8, 4) is 0 Å². The SMILES string of the molecule is CCCCn1cc(C)nc1N(C)CCC(N)C(C)C. The molecule has 4 heteroatoms. The standard InChI is InChI=1S/C15H30N4/c1-6-7-9-19-11-13(4)17-15(19)18(5)10-8-14(16)12(2)3/h11-12,14H,6-10,16H2,1-5H3. The third kappa shape index (κ3) is 4.86. The van der Waals surface area contributed by atoms with Crippen LogP contribution in [0.2, 0.25) is 0 Å². The highest BCUT2D eigenvalue weighted by Gasteiger charge is 2.13. The first kappa shape index (κ1) is 16.0. The van der Waals surface area contributed by atoms with E-state index in [9.17, 15) is 0 Å². The summed E-state index contributed by atoms with van der Waals surface area (Å²) in [6.07, 6.45) is 5.55. The average molecular weight is 266 g/mol. The largest absolute Gasteiger partial charge is 0.345 e. The van der Waals surface area contributed by atoms with Crippen molar-refractivity contribution in [3.63, 3.8) is 0 Å². The molecule has 0 bridgehead atoms. The fourth-order valence-electron chi connectivity index (χ4n) is 2.11. The molecule has 0 spiro atoms. The highest BCUT2D eigenvalue weighted by atomic mass is 15.3. The van der Waals surface area contributed by atoms with Crippen LogP contribution in [0.5, 0.6) is 0 Å². The summed E-state index contributed by atoms with van der Waals surface area (Å²) in [7, 11) is 2.11. The number of anilines is 1. The zero-order chi connectivity index (χ0) is 14.4. The van der Waals surface area contributed by atoms with Crippen LogP contribution < -0.4 is 10.6 Å². The minimum absolute atomic E-state index is 0.266. The number of unbranched alkanes of at least 4 members (excludes halogenated alkanes) is 1. The minimum Gasteiger partial charge on any atom is -0.345 e.